The second kappa shape index (κ2) is 3.98. The smallest absolute Gasteiger partial charge is 0.168 e. The minimum atomic E-state index is -0.848. The second-order valence-electron chi connectivity index (χ2n) is 3.51. The number of nitrogens with one attached hydrogen (secondary N) is 1. The summed E-state index contributed by atoms with van der Waals surface area (Å²) in [6.45, 7) is 1.44. The van der Waals surface area contributed by atoms with E-state index in [4.69, 9.17) is 5.73 Å². The fourth-order valence-corrected chi connectivity index (χ4v) is 1.74. The van der Waals surface area contributed by atoms with Crippen LogP contribution in [-0.4, -0.2) is 13.1 Å². The first kappa shape index (κ1) is 10.1. The Morgan fingerprint density at radius 3 is 2.73 bits per heavy atom. The number of halogens is 2. The summed E-state index contributed by atoms with van der Waals surface area (Å²) in [5, 5.41) is 3.10. The zero-order valence-electron chi connectivity index (χ0n) is 8.19. The third kappa shape index (κ3) is 1.85. The van der Waals surface area contributed by atoms with Crippen LogP contribution in [0.4, 0.5) is 14.5 Å². The number of hydrogen-bond donors (Lipinski definition) is 2. The molecule has 0 radical (unpaired) electrons. The van der Waals surface area contributed by atoms with Gasteiger partial charge in [0.25, 0.3) is 0 Å². The van der Waals surface area contributed by atoms with Crippen molar-refractivity contribution in [3.05, 3.63) is 35.4 Å². The van der Waals surface area contributed by atoms with Crippen LogP contribution in [0.2, 0.25) is 0 Å². The third-order valence-electron chi connectivity index (χ3n) is 2.51. The molecule has 0 saturated carbocycles. The highest BCUT2D eigenvalue weighted by atomic mass is 19.2. The normalized spacial score (nSPS) is 16.3. The SMILES string of the molecule is Nc1ccc(F)c(F)c1C1=CCNCC1. The van der Waals surface area contributed by atoms with E-state index in [1.807, 2.05) is 6.08 Å². The first-order valence-electron chi connectivity index (χ1n) is 4.83. The Kier molecular flexibility index (Phi) is 2.68. The van der Waals surface area contributed by atoms with E-state index in [-0.39, 0.29) is 5.56 Å². The maximum atomic E-state index is 13.5. The highest BCUT2D eigenvalue weighted by Crippen LogP contribution is 2.29. The van der Waals surface area contributed by atoms with E-state index in [1.165, 1.54) is 6.07 Å². The van der Waals surface area contributed by atoms with Gasteiger partial charge < -0.3 is 11.1 Å². The summed E-state index contributed by atoms with van der Waals surface area (Å²) >= 11 is 0. The summed E-state index contributed by atoms with van der Waals surface area (Å²) in [4.78, 5) is 0. The average molecular weight is 210 g/mol. The summed E-state index contributed by atoms with van der Waals surface area (Å²) in [5.74, 6) is -1.69. The molecular formula is C11H12F2N2. The van der Waals surface area contributed by atoms with E-state index in [9.17, 15) is 8.78 Å². The lowest BCUT2D eigenvalue weighted by molar-refractivity contribution is 0.506. The standard InChI is InChI=1S/C11H12F2N2/c12-8-1-2-9(14)10(11(8)13)7-3-5-15-6-4-7/h1-3,15H,4-6,14H2. The lowest BCUT2D eigenvalue weighted by atomic mass is 9.98. The number of nitrogens with two attached hydrogens (primary N) is 1. The van der Waals surface area contributed by atoms with Gasteiger partial charge in [0.15, 0.2) is 11.6 Å². The Bertz CT molecular complexity index is 413. The largest absolute Gasteiger partial charge is 0.398 e. The van der Waals surface area contributed by atoms with E-state index >= 15 is 0 Å². The van der Waals surface area contributed by atoms with Crippen molar-refractivity contribution < 1.29 is 8.78 Å². The van der Waals surface area contributed by atoms with E-state index in [2.05, 4.69) is 5.32 Å². The van der Waals surface area contributed by atoms with Crippen molar-refractivity contribution in [1.82, 2.24) is 5.32 Å². The van der Waals surface area contributed by atoms with Gasteiger partial charge in [-0.05, 0) is 30.7 Å². The highest BCUT2D eigenvalue weighted by Gasteiger charge is 2.16. The first-order chi connectivity index (χ1) is 7.20. The molecule has 1 heterocycles. The quantitative estimate of drug-likeness (QED) is 0.695. The Labute approximate surface area is 86.8 Å². The molecule has 0 spiro atoms. The van der Waals surface area contributed by atoms with Gasteiger partial charge in [-0.15, -0.1) is 0 Å². The summed E-state index contributed by atoms with van der Waals surface area (Å²) in [5.41, 5.74) is 6.95. The lowest BCUT2D eigenvalue weighted by Gasteiger charge is -2.16. The van der Waals surface area contributed by atoms with Crippen LogP contribution in [0, 0.1) is 11.6 Å². The van der Waals surface area contributed by atoms with Crippen molar-refractivity contribution in [2.75, 3.05) is 18.8 Å². The van der Waals surface area contributed by atoms with E-state index in [1.54, 1.807) is 0 Å². The van der Waals surface area contributed by atoms with Crippen LogP contribution in [0.5, 0.6) is 0 Å². The van der Waals surface area contributed by atoms with Gasteiger partial charge >= 0.3 is 0 Å². The van der Waals surface area contributed by atoms with E-state index < -0.39 is 11.6 Å². The molecule has 80 valence electrons. The molecule has 0 unspecified atom stereocenters. The molecule has 0 atom stereocenters. The van der Waals surface area contributed by atoms with Crippen molar-refractivity contribution in [2.24, 2.45) is 0 Å². The number of nitrogen functional groups attached to an aromatic ring is 1. The summed E-state index contributed by atoms with van der Waals surface area (Å²) in [6, 6.07) is 2.45. The van der Waals surface area contributed by atoms with Crippen LogP contribution < -0.4 is 11.1 Å². The summed E-state index contributed by atoms with van der Waals surface area (Å²) in [6.07, 6.45) is 2.52. The van der Waals surface area contributed by atoms with Crippen molar-refractivity contribution in [3.63, 3.8) is 0 Å². The van der Waals surface area contributed by atoms with E-state index in [0.717, 1.165) is 18.2 Å². The van der Waals surface area contributed by atoms with Gasteiger partial charge in [0, 0.05) is 17.8 Å². The van der Waals surface area contributed by atoms with Crippen molar-refractivity contribution in [2.45, 2.75) is 6.42 Å². The molecule has 0 aromatic heterocycles. The van der Waals surface area contributed by atoms with Crippen molar-refractivity contribution in [1.29, 1.82) is 0 Å². The maximum absolute atomic E-state index is 13.5. The molecule has 3 N–H and O–H groups in total. The van der Waals surface area contributed by atoms with Gasteiger partial charge in [-0.25, -0.2) is 8.78 Å². The molecule has 0 bridgehead atoms. The monoisotopic (exact) mass is 210 g/mol. The van der Waals surface area contributed by atoms with Gasteiger partial charge in [0.05, 0.1) is 0 Å². The van der Waals surface area contributed by atoms with Gasteiger partial charge in [-0.2, -0.15) is 0 Å². The Hall–Kier alpha value is -1.42. The van der Waals surface area contributed by atoms with Gasteiger partial charge in [0.1, 0.15) is 0 Å². The highest BCUT2D eigenvalue weighted by molar-refractivity contribution is 5.76. The molecular weight excluding hydrogens is 198 g/mol. The molecule has 0 saturated heterocycles. The van der Waals surface area contributed by atoms with E-state index in [0.29, 0.717) is 18.7 Å². The number of rotatable bonds is 1. The molecule has 1 aliphatic heterocycles. The van der Waals surface area contributed by atoms with Crippen LogP contribution in [0.25, 0.3) is 5.57 Å². The average Bonchev–Trinajstić information content (AvgIpc) is 2.26. The Morgan fingerprint density at radius 1 is 1.27 bits per heavy atom. The molecule has 1 aromatic rings. The minimum Gasteiger partial charge on any atom is -0.398 e. The predicted octanol–water partition coefficient (Wildman–Crippen LogP) is 1.92. The Morgan fingerprint density at radius 2 is 2.07 bits per heavy atom. The molecule has 2 nitrogen and oxygen atoms in total. The molecule has 1 aromatic carbocycles. The second-order valence-corrected chi connectivity index (χ2v) is 3.51. The van der Waals surface area contributed by atoms with Gasteiger partial charge in [-0.1, -0.05) is 6.08 Å². The first-order valence-corrected chi connectivity index (χ1v) is 4.83. The van der Waals surface area contributed by atoms with Gasteiger partial charge in [0.2, 0.25) is 0 Å². The van der Waals surface area contributed by atoms with Crippen LogP contribution in [-0.2, 0) is 0 Å². The molecule has 1 aliphatic rings. The van der Waals surface area contributed by atoms with Crippen LogP contribution >= 0.6 is 0 Å². The third-order valence-corrected chi connectivity index (χ3v) is 2.51. The fraction of sp³-hybridized carbons (Fsp3) is 0.273. The zero-order chi connectivity index (χ0) is 10.8. The Balaban J connectivity index is 2.50. The van der Waals surface area contributed by atoms with Crippen molar-refractivity contribution >= 4 is 11.3 Å². The van der Waals surface area contributed by atoms with Gasteiger partial charge in [-0.3, -0.25) is 0 Å². The summed E-state index contributed by atoms with van der Waals surface area (Å²) < 4.78 is 26.6. The molecule has 0 amide bonds. The van der Waals surface area contributed by atoms with Crippen LogP contribution in [0.15, 0.2) is 18.2 Å². The summed E-state index contributed by atoms with van der Waals surface area (Å²) in [7, 11) is 0. The molecule has 2 rings (SSSR count). The zero-order valence-corrected chi connectivity index (χ0v) is 8.19. The lowest BCUT2D eigenvalue weighted by Crippen LogP contribution is -2.20. The number of hydrogen-bond acceptors (Lipinski definition) is 2. The number of anilines is 1. The minimum absolute atomic E-state index is 0.219. The molecule has 0 fully saturated rings. The maximum Gasteiger partial charge on any atom is 0.168 e. The topological polar surface area (TPSA) is 38.0 Å². The predicted molar refractivity (Wildman–Crippen MR) is 56.2 cm³/mol. The van der Waals surface area contributed by atoms with Crippen LogP contribution in [0.3, 0.4) is 0 Å². The molecule has 0 aliphatic carbocycles. The molecule has 4 heteroatoms. The van der Waals surface area contributed by atoms with Crippen molar-refractivity contribution in [3.8, 4) is 0 Å². The number of benzene rings is 1. The molecule has 15 heavy (non-hydrogen) atoms. The fourth-order valence-electron chi connectivity index (χ4n) is 1.74. The van der Waals surface area contributed by atoms with Crippen LogP contribution in [0.1, 0.15) is 12.0 Å².